The SMILES string of the molecule is CN(Cc1csc(Br)c1)c1cccc(C#N)n1. The van der Waals surface area contributed by atoms with Crippen molar-refractivity contribution in [2.75, 3.05) is 11.9 Å². The number of thiophene rings is 1. The molecule has 2 rings (SSSR count). The number of hydrogen-bond acceptors (Lipinski definition) is 4. The number of halogens is 1. The van der Waals surface area contributed by atoms with Crippen LogP contribution in [0.5, 0.6) is 0 Å². The van der Waals surface area contributed by atoms with Gasteiger partial charge in [-0.05, 0) is 45.1 Å². The molecule has 0 saturated heterocycles. The number of pyridine rings is 1. The fraction of sp³-hybridized carbons (Fsp3) is 0.167. The van der Waals surface area contributed by atoms with Gasteiger partial charge in [0.05, 0.1) is 3.79 Å². The Morgan fingerprint density at radius 3 is 3.00 bits per heavy atom. The predicted octanol–water partition coefficient (Wildman–Crippen LogP) is 3.41. The van der Waals surface area contributed by atoms with Crippen molar-refractivity contribution in [1.29, 1.82) is 5.26 Å². The Bertz CT molecular complexity index is 559. The Kier molecular flexibility index (Phi) is 3.77. The molecule has 17 heavy (non-hydrogen) atoms. The summed E-state index contributed by atoms with van der Waals surface area (Å²) in [7, 11) is 1.97. The molecule has 2 aromatic heterocycles. The Morgan fingerprint density at radius 2 is 2.35 bits per heavy atom. The van der Waals surface area contributed by atoms with Gasteiger partial charge in [-0.25, -0.2) is 4.98 Å². The molecule has 0 unspecified atom stereocenters. The van der Waals surface area contributed by atoms with Crippen molar-refractivity contribution in [1.82, 2.24) is 4.98 Å². The van der Waals surface area contributed by atoms with Crippen LogP contribution in [0.1, 0.15) is 11.3 Å². The van der Waals surface area contributed by atoms with Crippen molar-refractivity contribution in [2.24, 2.45) is 0 Å². The summed E-state index contributed by atoms with van der Waals surface area (Å²) in [5.74, 6) is 0.811. The maximum absolute atomic E-state index is 8.80. The summed E-state index contributed by atoms with van der Waals surface area (Å²) in [6.45, 7) is 0.782. The van der Waals surface area contributed by atoms with Crippen molar-refractivity contribution in [3.63, 3.8) is 0 Å². The summed E-state index contributed by atoms with van der Waals surface area (Å²) in [4.78, 5) is 6.27. The summed E-state index contributed by atoms with van der Waals surface area (Å²) in [6, 6.07) is 9.60. The molecule has 3 nitrogen and oxygen atoms in total. The number of nitriles is 1. The third-order valence-electron chi connectivity index (χ3n) is 2.28. The molecule has 0 atom stereocenters. The van der Waals surface area contributed by atoms with E-state index in [0.29, 0.717) is 5.69 Å². The van der Waals surface area contributed by atoms with Crippen LogP contribution in [-0.4, -0.2) is 12.0 Å². The minimum atomic E-state index is 0.445. The molecule has 0 amide bonds. The largest absolute Gasteiger partial charge is 0.355 e. The van der Waals surface area contributed by atoms with E-state index in [1.807, 2.05) is 30.1 Å². The van der Waals surface area contributed by atoms with Crippen molar-refractivity contribution in [3.05, 3.63) is 44.7 Å². The van der Waals surface area contributed by atoms with Crippen molar-refractivity contribution in [2.45, 2.75) is 6.54 Å². The summed E-state index contributed by atoms with van der Waals surface area (Å²) in [6.07, 6.45) is 0. The van der Waals surface area contributed by atoms with E-state index in [0.717, 1.165) is 16.1 Å². The van der Waals surface area contributed by atoms with E-state index in [2.05, 4.69) is 32.4 Å². The third-order valence-corrected chi connectivity index (χ3v) is 3.83. The van der Waals surface area contributed by atoms with Gasteiger partial charge in [-0.3, -0.25) is 0 Å². The Balaban J connectivity index is 2.14. The molecule has 5 heteroatoms. The zero-order valence-corrected chi connectivity index (χ0v) is 11.6. The van der Waals surface area contributed by atoms with Crippen LogP contribution in [0.2, 0.25) is 0 Å². The van der Waals surface area contributed by atoms with Crippen LogP contribution in [0.25, 0.3) is 0 Å². The van der Waals surface area contributed by atoms with Crippen LogP contribution in [0.4, 0.5) is 5.82 Å². The van der Waals surface area contributed by atoms with Gasteiger partial charge in [-0.1, -0.05) is 6.07 Å². The Labute approximate surface area is 112 Å². The van der Waals surface area contributed by atoms with E-state index < -0.39 is 0 Å². The second kappa shape index (κ2) is 5.30. The monoisotopic (exact) mass is 307 g/mol. The number of aromatic nitrogens is 1. The molecule has 0 radical (unpaired) electrons. The van der Waals surface area contributed by atoms with Gasteiger partial charge in [0.2, 0.25) is 0 Å². The van der Waals surface area contributed by atoms with E-state index in [1.54, 1.807) is 17.4 Å². The summed E-state index contributed by atoms with van der Waals surface area (Å²) in [5.41, 5.74) is 1.68. The zero-order valence-electron chi connectivity index (χ0n) is 9.22. The topological polar surface area (TPSA) is 39.9 Å². The van der Waals surface area contributed by atoms with E-state index >= 15 is 0 Å². The van der Waals surface area contributed by atoms with Gasteiger partial charge in [0, 0.05) is 13.6 Å². The number of nitrogens with zero attached hydrogens (tertiary/aromatic N) is 3. The minimum Gasteiger partial charge on any atom is -0.355 e. The maximum Gasteiger partial charge on any atom is 0.142 e. The normalized spacial score (nSPS) is 9.94. The maximum atomic E-state index is 8.80. The predicted molar refractivity (Wildman–Crippen MR) is 73.1 cm³/mol. The van der Waals surface area contributed by atoms with E-state index in [-0.39, 0.29) is 0 Å². The van der Waals surface area contributed by atoms with E-state index in [4.69, 9.17) is 5.26 Å². The summed E-state index contributed by atoms with van der Waals surface area (Å²) in [5, 5.41) is 10.9. The molecule has 2 heterocycles. The number of hydrogen-bond donors (Lipinski definition) is 0. The van der Waals surface area contributed by atoms with Gasteiger partial charge in [0.25, 0.3) is 0 Å². The smallest absolute Gasteiger partial charge is 0.142 e. The van der Waals surface area contributed by atoms with Crippen LogP contribution in [0.15, 0.2) is 33.4 Å². The lowest BCUT2D eigenvalue weighted by atomic mass is 10.3. The fourth-order valence-electron chi connectivity index (χ4n) is 1.48. The first-order valence-corrected chi connectivity index (χ1v) is 6.67. The molecule has 0 aromatic carbocycles. The van der Waals surface area contributed by atoms with Crippen LogP contribution in [0.3, 0.4) is 0 Å². The lowest BCUT2D eigenvalue weighted by Gasteiger charge is -2.17. The van der Waals surface area contributed by atoms with Gasteiger partial charge in [0.1, 0.15) is 17.6 Å². The molecule has 0 bridgehead atoms. The molecular formula is C12H10BrN3S. The van der Waals surface area contributed by atoms with Crippen molar-refractivity contribution < 1.29 is 0 Å². The molecule has 0 fully saturated rings. The van der Waals surface area contributed by atoms with Crippen LogP contribution in [-0.2, 0) is 6.54 Å². The van der Waals surface area contributed by atoms with Gasteiger partial charge in [-0.15, -0.1) is 11.3 Å². The lowest BCUT2D eigenvalue weighted by molar-refractivity contribution is 0.899. The standard InChI is InChI=1S/C12H10BrN3S/c1-16(7-9-5-11(13)17-8-9)12-4-2-3-10(6-14)15-12/h2-5,8H,7H2,1H3. The first-order valence-electron chi connectivity index (χ1n) is 5.00. The van der Waals surface area contributed by atoms with E-state index in [9.17, 15) is 0 Å². The fourth-order valence-corrected chi connectivity index (χ4v) is 2.68. The first kappa shape index (κ1) is 12.1. The second-order valence-corrected chi connectivity index (χ2v) is 5.90. The molecule has 0 aliphatic rings. The lowest BCUT2D eigenvalue weighted by Crippen LogP contribution is -2.17. The van der Waals surface area contributed by atoms with Gasteiger partial charge in [0.15, 0.2) is 0 Å². The number of anilines is 1. The van der Waals surface area contributed by atoms with Gasteiger partial charge >= 0.3 is 0 Å². The molecule has 86 valence electrons. The highest BCUT2D eigenvalue weighted by Gasteiger charge is 2.05. The molecule has 0 aliphatic heterocycles. The minimum absolute atomic E-state index is 0.445. The van der Waals surface area contributed by atoms with Gasteiger partial charge in [-0.2, -0.15) is 5.26 Å². The number of rotatable bonds is 3. The van der Waals surface area contributed by atoms with Crippen molar-refractivity contribution in [3.8, 4) is 6.07 Å². The highest BCUT2D eigenvalue weighted by molar-refractivity contribution is 9.11. The molecule has 0 N–H and O–H groups in total. The average molecular weight is 308 g/mol. The summed E-state index contributed by atoms with van der Waals surface area (Å²) >= 11 is 5.11. The molecule has 0 saturated carbocycles. The molecular weight excluding hydrogens is 298 g/mol. The molecule has 2 aromatic rings. The highest BCUT2D eigenvalue weighted by Crippen LogP contribution is 2.22. The Morgan fingerprint density at radius 1 is 1.53 bits per heavy atom. The highest BCUT2D eigenvalue weighted by atomic mass is 79.9. The first-order chi connectivity index (χ1) is 8.19. The molecule has 0 spiro atoms. The average Bonchev–Trinajstić information content (AvgIpc) is 2.75. The third kappa shape index (κ3) is 3.05. The zero-order chi connectivity index (χ0) is 12.3. The van der Waals surface area contributed by atoms with Crippen molar-refractivity contribution >= 4 is 33.1 Å². The molecule has 0 aliphatic carbocycles. The van der Waals surface area contributed by atoms with Crippen LogP contribution >= 0.6 is 27.3 Å². The second-order valence-electron chi connectivity index (χ2n) is 3.61. The quantitative estimate of drug-likeness (QED) is 0.872. The van der Waals surface area contributed by atoms with Crippen LogP contribution < -0.4 is 4.90 Å². The van der Waals surface area contributed by atoms with E-state index in [1.165, 1.54) is 5.56 Å². The summed E-state index contributed by atoms with van der Waals surface area (Å²) < 4.78 is 1.12. The van der Waals surface area contributed by atoms with Gasteiger partial charge < -0.3 is 4.90 Å². The van der Waals surface area contributed by atoms with Crippen LogP contribution in [0, 0.1) is 11.3 Å². The Hall–Kier alpha value is -1.38.